The van der Waals surface area contributed by atoms with Crippen molar-refractivity contribution in [2.24, 2.45) is 5.84 Å². The third kappa shape index (κ3) is 0.998. The van der Waals surface area contributed by atoms with Crippen molar-refractivity contribution in [1.82, 2.24) is 24.9 Å². The predicted octanol–water partition coefficient (Wildman–Crippen LogP) is -0.0942. The van der Waals surface area contributed by atoms with E-state index in [4.69, 9.17) is 5.84 Å². The van der Waals surface area contributed by atoms with Crippen molar-refractivity contribution in [2.75, 3.05) is 11.0 Å². The molecule has 0 unspecified atom stereocenters. The van der Waals surface area contributed by atoms with Crippen LogP contribution in [0.5, 0.6) is 0 Å². The van der Waals surface area contributed by atoms with Gasteiger partial charge in [0, 0.05) is 6.20 Å². The molecule has 84 valence electrons. The van der Waals surface area contributed by atoms with Crippen molar-refractivity contribution >= 4 is 16.9 Å². The molecule has 0 radical (unpaired) electrons. The normalized spacial score (nSPS) is 14.9. The lowest BCUT2D eigenvalue weighted by Crippen LogP contribution is -2.38. The van der Waals surface area contributed by atoms with Crippen molar-refractivity contribution in [3.05, 3.63) is 24.7 Å². The Balaban J connectivity index is 2.23. The number of aromatic nitrogens is 4. The molecule has 0 fully saturated rings. The molecule has 4 rings (SSSR count). The van der Waals surface area contributed by atoms with Crippen molar-refractivity contribution in [2.45, 2.75) is 0 Å². The summed E-state index contributed by atoms with van der Waals surface area (Å²) in [7, 11) is 0. The minimum atomic E-state index is 0.733. The summed E-state index contributed by atoms with van der Waals surface area (Å²) in [5.74, 6) is 6.41. The molecule has 8 heteroatoms. The van der Waals surface area contributed by atoms with Gasteiger partial charge in [0.25, 0.3) is 0 Å². The molecular formula is C9H8N8. The van der Waals surface area contributed by atoms with Crippen LogP contribution >= 0.6 is 0 Å². The number of nitrogens with zero attached hydrogens (tertiary/aromatic N) is 5. The van der Waals surface area contributed by atoms with Gasteiger partial charge < -0.3 is 0 Å². The Morgan fingerprint density at radius 1 is 1.18 bits per heavy atom. The van der Waals surface area contributed by atoms with E-state index in [0.29, 0.717) is 0 Å². The largest absolute Gasteiger partial charge is 0.268 e. The summed E-state index contributed by atoms with van der Waals surface area (Å²) in [6.07, 6.45) is 3.24. The lowest BCUT2D eigenvalue weighted by molar-refractivity contribution is 0.404. The third-order valence-corrected chi connectivity index (χ3v) is 2.73. The Labute approximate surface area is 95.3 Å². The monoisotopic (exact) mass is 228 g/mol. The number of fused-ring (bicyclic) bond motifs is 6. The van der Waals surface area contributed by atoms with Crippen LogP contribution < -0.4 is 16.8 Å². The van der Waals surface area contributed by atoms with Crippen LogP contribution in [-0.4, -0.2) is 24.9 Å². The van der Waals surface area contributed by atoms with Gasteiger partial charge >= 0.3 is 0 Å². The molecule has 3 aliphatic heterocycles. The van der Waals surface area contributed by atoms with Crippen LogP contribution in [0, 0.1) is 0 Å². The van der Waals surface area contributed by atoms with Crippen LogP contribution in [0.4, 0.5) is 5.82 Å². The van der Waals surface area contributed by atoms with E-state index in [2.05, 4.69) is 25.9 Å². The average Bonchev–Trinajstić information content (AvgIpc) is 2.94. The molecule has 0 aromatic carbocycles. The van der Waals surface area contributed by atoms with Crippen LogP contribution in [0.1, 0.15) is 0 Å². The van der Waals surface area contributed by atoms with Gasteiger partial charge in [-0.3, -0.25) is 10.4 Å². The van der Waals surface area contributed by atoms with Crippen LogP contribution in [0.3, 0.4) is 0 Å². The van der Waals surface area contributed by atoms with Gasteiger partial charge in [-0.15, -0.1) is 0 Å². The van der Waals surface area contributed by atoms with E-state index in [1.54, 1.807) is 10.9 Å². The summed E-state index contributed by atoms with van der Waals surface area (Å²) in [5, 5.41) is 1.26. The van der Waals surface area contributed by atoms with Gasteiger partial charge in [-0.1, -0.05) is 5.23 Å². The maximum atomic E-state index is 5.66. The number of nitrogens with two attached hydrogens (primary N) is 1. The minimum absolute atomic E-state index is 0.733. The molecule has 0 saturated carbocycles. The molecule has 4 heterocycles. The van der Waals surface area contributed by atoms with E-state index in [9.17, 15) is 0 Å². The summed E-state index contributed by atoms with van der Waals surface area (Å²) in [4.78, 5) is 12.8. The van der Waals surface area contributed by atoms with Gasteiger partial charge in [0.1, 0.15) is 23.2 Å². The van der Waals surface area contributed by atoms with Crippen LogP contribution in [0.2, 0.25) is 0 Å². The fourth-order valence-electron chi connectivity index (χ4n) is 2.05. The van der Waals surface area contributed by atoms with Crippen molar-refractivity contribution in [3.8, 4) is 11.4 Å². The van der Waals surface area contributed by atoms with Gasteiger partial charge in [0.05, 0.1) is 5.52 Å². The molecule has 4 N–H and O–H groups in total. The molecule has 1 aromatic rings. The highest BCUT2D eigenvalue weighted by molar-refractivity contribution is 5.95. The van der Waals surface area contributed by atoms with Crippen molar-refractivity contribution < 1.29 is 0 Å². The second kappa shape index (κ2) is 2.81. The summed E-state index contributed by atoms with van der Waals surface area (Å²) in [6.45, 7) is 0. The van der Waals surface area contributed by atoms with Gasteiger partial charge in [0.2, 0.25) is 0 Å². The fourth-order valence-corrected chi connectivity index (χ4v) is 2.05. The van der Waals surface area contributed by atoms with Gasteiger partial charge in [-0.05, 0) is 12.1 Å². The maximum absolute atomic E-state index is 5.66. The highest BCUT2D eigenvalue weighted by atomic mass is 16.0. The average molecular weight is 228 g/mol. The first-order valence-corrected chi connectivity index (χ1v) is 5.03. The lowest BCUT2D eigenvalue weighted by Gasteiger charge is -2.10. The molecular weight excluding hydrogens is 220 g/mol. The smallest absolute Gasteiger partial charge is 0.172 e. The zero-order valence-corrected chi connectivity index (χ0v) is 8.62. The van der Waals surface area contributed by atoms with E-state index in [1.807, 2.05) is 12.1 Å². The molecule has 8 nitrogen and oxygen atoms in total. The maximum Gasteiger partial charge on any atom is 0.172 e. The Kier molecular flexibility index (Phi) is 1.43. The summed E-state index contributed by atoms with van der Waals surface area (Å²) < 4.78 is 1.79. The highest BCUT2D eigenvalue weighted by Gasteiger charge is 2.26. The Hall–Kier alpha value is -2.45. The van der Waals surface area contributed by atoms with E-state index in [-0.39, 0.29) is 0 Å². The number of rotatable bonds is 0. The van der Waals surface area contributed by atoms with Crippen LogP contribution in [0.15, 0.2) is 24.7 Å². The first-order valence-electron chi connectivity index (χ1n) is 5.03. The molecule has 0 aliphatic carbocycles. The topological polar surface area (TPSA) is 96.9 Å². The Morgan fingerprint density at radius 2 is 2.06 bits per heavy atom. The number of imidazole rings is 1. The number of hydrazine groups is 3. The van der Waals surface area contributed by atoms with Crippen LogP contribution in [0.25, 0.3) is 22.4 Å². The number of nitrogens with one attached hydrogen (secondary N) is 2. The molecule has 0 bridgehead atoms. The molecule has 3 aliphatic rings. The number of hydrogen-bond acceptors (Lipinski definition) is 7. The van der Waals surface area contributed by atoms with E-state index in [1.165, 1.54) is 11.6 Å². The second-order valence-electron chi connectivity index (χ2n) is 3.71. The zero-order valence-electron chi connectivity index (χ0n) is 8.62. The quantitative estimate of drug-likeness (QED) is 0.462. The minimum Gasteiger partial charge on any atom is -0.268 e. The molecule has 0 spiro atoms. The van der Waals surface area contributed by atoms with Crippen molar-refractivity contribution in [3.63, 3.8) is 0 Å². The van der Waals surface area contributed by atoms with Gasteiger partial charge in [-0.25, -0.2) is 26.0 Å². The summed E-state index contributed by atoms with van der Waals surface area (Å²) >= 11 is 0. The molecule has 0 atom stereocenters. The number of hydrogen-bond donors (Lipinski definition) is 3. The Morgan fingerprint density at radius 3 is 3.00 bits per heavy atom. The molecule has 17 heavy (non-hydrogen) atoms. The SMILES string of the molecule is NN1Nc2c3ncnc-3c3ncccc3n2N1. The van der Waals surface area contributed by atoms with Crippen LogP contribution in [-0.2, 0) is 0 Å². The third-order valence-electron chi connectivity index (χ3n) is 2.73. The first kappa shape index (κ1) is 8.67. The second-order valence-corrected chi connectivity index (χ2v) is 3.71. The van der Waals surface area contributed by atoms with Gasteiger partial charge in [-0.2, -0.15) is 0 Å². The van der Waals surface area contributed by atoms with Crippen molar-refractivity contribution in [1.29, 1.82) is 0 Å². The summed E-state index contributed by atoms with van der Waals surface area (Å²) in [6, 6.07) is 3.80. The van der Waals surface area contributed by atoms with E-state index < -0.39 is 0 Å². The molecule has 1 aromatic heterocycles. The molecule has 0 amide bonds. The number of pyridine rings is 2. The fraction of sp³-hybridized carbons (Fsp3) is 0. The Bertz CT molecular complexity index is 689. The predicted molar refractivity (Wildman–Crippen MR) is 61.0 cm³/mol. The van der Waals surface area contributed by atoms with E-state index >= 15 is 0 Å². The molecule has 0 saturated heterocycles. The standard InChI is InChI=1S/C9H8N8/c10-17-14-9-8-7(12-4-13-8)6-5(16(9)15-17)2-1-3-11-6/h1-4,14-15H,10H2. The zero-order chi connectivity index (χ0) is 11.4. The van der Waals surface area contributed by atoms with E-state index in [0.717, 1.165) is 28.2 Å². The van der Waals surface area contributed by atoms with Gasteiger partial charge in [0.15, 0.2) is 5.82 Å². The summed E-state index contributed by atoms with van der Waals surface area (Å²) in [5.41, 5.74) is 9.05. The highest BCUT2D eigenvalue weighted by Crippen LogP contribution is 2.34. The first-order chi connectivity index (χ1) is 8.34. The lowest BCUT2D eigenvalue weighted by atomic mass is 10.2. The number of anilines is 1.